The van der Waals surface area contributed by atoms with Crippen molar-refractivity contribution in [3.63, 3.8) is 0 Å². The Hall–Kier alpha value is -0.280. The van der Waals surface area contributed by atoms with E-state index in [2.05, 4.69) is 0 Å². The van der Waals surface area contributed by atoms with Gasteiger partial charge in [-0.25, -0.2) is 17.6 Å². The summed E-state index contributed by atoms with van der Waals surface area (Å²) in [5.41, 5.74) is 0. The van der Waals surface area contributed by atoms with Gasteiger partial charge in [-0.05, 0) is 0 Å². The average Bonchev–Trinajstić information content (AvgIpc) is 2.06. The second-order valence-corrected chi connectivity index (χ2v) is 3.65. The smallest absolute Gasteiger partial charge is 0.206 e. The molecule has 0 amide bonds. The van der Waals surface area contributed by atoms with Gasteiger partial charge in [0.25, 0.3) is 11.8 Å². The fourth-order valence-corrected chi connectivity index (χ4v) is 1.71. The number of halogens is 4. The minimum atomic E-state index is -3.23. The largest absolute Gasteiger partial charge is 0.259 e. The van der Waals surface area contributed by atoms with Crippen LogP contribution < -0.4 is 0 Å². The van der Waals surface area contributed by atoms with Gasteiger partial charge in [-0.15, -0.1) is 0 Å². The summed E-state index contributed by atoms with van der Waals surface area (Å²) in [6, 6.07) is 0. The van der Waals surface area contributed by atoms with Crippen LogP contribution in [0.1, 0.15) is 20.8 Å². The van der Waals surface area contributed by atoms with Gasteiger partial charge in [0.1, 0.15) is 0 Å². The van der Waals surface area contributed by atoms with Crippen LogP contribution in [-0.4, -0.2) is 11.8 Å². The molecule has 0 aliphatic heterocycles. The van der Waals surface area contributed by atoms with Crippen LogP contribution in [0.5, 0.6) is 0 Å². The molecule has 2 unspecified atom stereocenters. The van der Waals surface area contributed by atoms with Crippen molar-refractivity contribution in [2.75, 3.05) is 0 Å². The summed E-state index contributed by atoms with van der Waals surface area (Å²) in [5.74, 6) is -10.8. The predicted octanol–water partition coefficient (Wildman–Crippen LogP) is 3.18. The summed E-state index contributed by atoms with van der Waals surface area (Å²) >= 11 is 0. The first-order valence-corrected chi connectivity index (χ1v) is 3.98. The van der Waals surface area contributed by atoms with Crippen molar-refractivity contribution in [1.82, 2.24) is 0 Å². The number of alkyl halides is 4. The molecule has 4 heteroatoms. The second-order valence-electron chi connectivity index (χ2n) is 3.65. The van der Waals surface area contributed by atoms with E-state index in [4.69, 9.17) is 0 Å². The lowest BCUT2D eigenvalue weighted by Crippen LogP contribution is -2.32. The molecule has 0 N–H and O–H groups in total. The summed E-state index contributed by atoms with van der Waals surface area (Å²) in [6.45, 7) is 3.28. The average molecular weight is 184 g/mol. The van der Waals surface area contributed by atoms with Crippen LogP contribution >= 0.6 is 0 Å². The quantitative estimate of drug-likeness (QED) is 0.507. The molecular weight excluding hydrogens is 172 g/mol. The fraction of sp³-hybridized carbons (Fsp3) is 1.00. The van der Waals surface area contributed by atoms with Gasteiger partial charge >= 0.3 is 0 Å². The van der Waals surface area contributed by atoms with Gasteiger partial charge in [0.05, 0.1) is 5.92 Å². The molecule has 1 rings (SSSR count). The Bertz CT molecular complexity index is 167. The normalized spacial score (nSPS) is 44.8. The summed E-state index contributed by atoms with van der Waals surface area (Å²) in [5, 5.41) is 0. The molecule has 0 bridgehead atoms. The highest BCUT2D eigenvalue weighted by Gasteiger charge is 2.66. The van der Waals surface area contributed by atoms with Crippen molar-refractivity contribution in [3.05, 3.63) is 0 Å². The summed E-state index contributed by atoms with van der Waals surface area (Å²) in [4.78, 5) is 0. The summed E-state index contributed by atoms with van der Waals surface area (Å²) < 4.78 is 52.0. The van der Waals surface area contributed by atoms with Crippen LogP contribution in [0, 0.1) is 17.8 Å². The monoisotopic (exact) mass is 184 g/mol. The lowest BCUT2D eigenvalue weighted by atomic mass is 9.97. The minimum Gasteiger partial charge on any atom is -0.206 e. The van der Waals surface area contributed by atoms with Gasteiger partial charge in [0.2, 0.25) is 0 Å². The molecule has 0 heterocycles. The van der Waals surface area contributed by atoms with Crippen LogP contribution in [0.4, 0.5) is 17.6 Å². The molecule has 0 nitrogen and oxygen atoms in total. The van der Waals surface area contributed by atoms with Gasteiger partial charge in [0, 0.05) is 11.8 Å². The van der Waals surface area contributed by atoms with Crippen LogP contribution in [0.15, 0.2) is 0 Å². The lowest BCUT2D eigenvalue weighted by molar-refractivity contribution is -0.123. The molecule has 1 saturated carbocycles. The van der Waals surface area contributed by atoms with E-state index in [-0.39, 0.29) is 0 Å². The van der Waals surface area contributed by atoms with Gasteiger partial charge in [-0.1, -0.05) is 20.8 Å². The topological polar surface area (TPSA) is 0 Å². The first-order valence-electron chi connectivity index (χ1n) is 3.98. The second kappa shape index (κ2) is 2.36. The minimum absolute atomic E-state index is 0.917. The lowest BCUT2D eigenvalue weighted by Gasteiger charge is -2.20. The standard InChI is InChI=1S/C8H12F4/c1-4-5(2)8(11,12)6(3)7(4,9)10/h4-6H,1-3H3. The Morgan fingerprint density at radius 2 is 1.00 bits per heavy atom. The number of hydrogen-bond acceptors (Lipinski definition) is 0. The summed E-state index contributed by atoms with van der Waals surface area (Å²) in [6.07, 6.45) is 0. The third kappa shape index (κ3) is 0.962. The van der Waals surface area contributed by atoms with Crippen LogP contribution in [0.3, 0.4) is 0 Å². The molecule has 72 valence electrons. The molecule has 0 saturated heterocycles. The highest BCUT2D eigenvalue weighted by molar-refractivity contribution is 5.02. The van der Waals surface area contributed by atoms with Crippen molar-refractivity contribution >= 4 is 0 Å². The Morgan fingerprint density at radius 1 is 0.750 bits per heavy atom. The SMILES string of the molecule is CC1C(C)C(F)(F)C(C)C1(F)F. The van der Waals surface area contributed by atoms with E-state index in [1.807, 2.05) is 0 Å². The molecule has 0 aromatic carbocycles. The van der Waals surface area contributed by atoms with E-state index < -0.39 is 29.6 Å². The molecule has 1 aliphatic rings. The summed E-state index contributed by atoms with van der Waals surface area (Å²) in [7, 11) is 0. The van der Waals surface area contributed by atoms with E-state index in [1.165, 1.54) is 13.8 Å². The fourth-order valence-electron chi connectivity index (χ4n) is 1.71. The molecule has 2 atom stereocenters. The highest BCUT2D eigenvalue weighted by Crippen LogP contribution is 2.56. The zero-order chi connectivity index (χ0) is 9.73. The molecule has 1 fully saturated rings. The Labute approximate surface area is 69.0 Å². The van der Waals surface area contributed by atoms with Gasteiger partial charge < -0.3 is 0 Å². The zero-order valence-corrected chi connectivity index (χ0v) is 7.24. The maximum Gasteiger partial charge on any atom is 0.259 e. The van der Waals surface area contributed by atoms with E-state index in [1.54, 1.807) is 0 Å². The number of rotatable bonds is 0. The Kier molecular flexibility index (Phi) is 1.93. The van der Waals surface area contributed by atoms with E-state index in [0.717, 1.165) is 6.92 Å². The molecular formula is C8H12F4. The maximum absolute atomic E-state index is 13.0. The number of hydrogen-bond donors (Lipinski definition) is 0. The van der Waals surface area contributed by atoms with Crippen molar-refractivity contribution in [3.8, 4) is 0 Å². The van der Waals surface area contributed by atoms with Crippen molar-refractivity contribution in [2.24, 2.45) is 17.8 Å². The zero-order valence-electron chi connectivity index (χ0n) is 7.24. The molecule has 0 radical (unpaired) electrons. The predicted molar refractivity (Wildman–Crippen MR) is 37.4 cm³/mol. The highest BCUT2D eigenvalue weighted by atomic mass is 19.3. The van der Waals surface area contributed by atoms with E-state index in [9.17, 15) is 17.6 Å². The Morgan fingerprint density at radius 3 is 1.08 bits per heavy atom. The van der Waals surface area contributed by atoms with E-state index >= 15 is 0 Å². The first-order chi connectivity index (χ1) is 5.22. The molecule has 0 spiro atoms. The van der Waals surface area contributed by atoms with Crippen LogP contribution in [-0.2, 0) is 0 Å². The molecule has 1 aliphatic carbocycles. The van der Waals surface area contributed by atoms with Gasteiger partial charge in [0.15, 0.2) is 0 Å². The van der Waals surface area contributed by atoms with Crippen LogP contribution in [0.2, 0.25) is 0 Å². The van der Waals surface area contributed by atoms with Crippen molar-refractivity contribution in [1.29, 1.82) is 0 Å². The molecule has 0 aromatic rings. The van der Waals surface area contributed by atoms with Gasteiger partial charge in [-0.3, -0.25) is 0 Å². The maximum atomic E-state index is 13.0. The van der Waals surface area contributed by atoms with Crippen molar-refractivity contribution < 1.29 is 17.6 Å². The van der Waals surface area contributed by atoms with Crippen LogP contribution in [0.25, 0.3) is 0 Å². The molecule has 12 heavy (non-hydrogen) atoms. The van der Waals surface area contributed by atoms with Gasteiger partial charge in [-0.2, -0.15) is 0 Å². The Balaban J connectivity index is 3.03. The third-order valence-corrected chi connectivity index (χ3v) is 3.12. The van der Waals surface area contributed by atoms with E-state index in [0.29, 0.717) is 0 Å². The molecule has 0 aromatic heterocycles. The first kappa shape index (κ1) is 9.81. The third-order valence-electron chi connectivity index (χ3n) is 3.12. The van der Waals surface area contributed by atoms with Crippen molar-refractivity contribution in [2.45, 2.75) is 32.6 Å².